The zero-order chi connectivity index (χ0) is 23.1. The third-order valence-electron chi connectivity index (χ3n) is 5.22. The minimum Gasteiger partial charge on any atom is -0.345 e. The fourth-order valence-corrected chi connectivity index (χ4v) is 4.60. The number of halogens is 1. The van der Waals surface area contributed by atoms with Crippen molar-refractivity contribution in [3.63, 3.8) is 0 Å². The molecule has 3 rings (SSSR count). The van der Waals surface area contributed by atoms with Crippen molar-refractivity contribution in [2.24, 2.45) is 0 Å². The number of anilines is 1. The van der Waals surface area contributed by atoms with Crippen LogP contribution in [0.4, 0.5) is 10.1 Å². The number of aryl methyl sites for hydroxylation is 1. The maximum absolute atomic E-state index is 14.2. The van der Waals surface area contributed by atoms with E-state index in [1.807, 2.05) is 61.5 Å². The van der Waals surface area contributed by atoms with Crippen LogP contribution in [0.1, 0.15) is 35.6 Å². The lowest BCUT2D eigenvalue weighted by atomic mass is 9.95. The van der Waals surface area contributed by atoms with Gasteiger partial charge in [0, 0.05) is 13.0 Å². The molecule has 0 saturated heterocycles. The highest BCUT2D eigenvalue weighted by Gasteiger charge is 2.22. The molecule has 1 N–H and O–H groups in total. The van der Waals surface area contributed by atoms with Crippen LogP contribution in [0, 0.1) is 12.7 Å². The molecule has 3 aromatic carbocycles. The molecule has 32 heavy (non-hydrogen) atoms. The fourth-order valence-electron chi connectivity index (χ4n) is 3.63. The molecule has 7 heteroatoms. The minimum absolute atomic E-state index is 0.00750. The molecule has 0 aliphatic heterocycles. The maximum Gasteiger partial charge on any atom is 0.232 e. The third kappa shape index (κ3) is 5.95. The van der Waals surface area contributed by atoms with Crippen LogP contribution in [-0.2, 0) is 14.8 Å². The summed E-state index contributed by atoms with van der Waals surface area (Å²) in [6.07, 6.45) is 1.39. The lowest BCUT2D eigenvalue weighted by molar-refractivity contribution is -0.121. The first-order chi connectivity index (χ1) is 15.3. The number of nitrogens with zero attached hydrogens (tertiary/aromatic N) is 1. The number of para-hydroxylation sites is 1. The summed E-state index contributed by atoms with van der Waals surface area (Å²) in [7, 11) is -3.69. The second-order valence-electron chi connectivity index (χ2n) is 7.66. The normalized spacial score (nSPS) is 12.2. The van der Waals surface area contributed by atoms with Gasteiger partial charge in [-0.15, -0.1) is 0 Å². The Morgan fingerprint density at radius 1 is 0.969 bits per heavy atom. The molecule has 0 fully saturated rings. The number of nitrogens with one attached hydrogen (secondary N) is 1. The Balaban J connectivity index is 1.71. The molecule has 0 aliphatic rings. The van der Waals surface area contributed by atoms with Crippen molar-refractivity contribution in [3.05, 3.63) is 101 Å². The number of hydrogen-bond donors (Lipinski definition) is 1. The van der Waals surface area contributed by atoms with Crippen LogP contribution in [0.2, 0.25) is 0 Å². The average Bonchev–Trinajstić information content (AvgIpc) is 2.76. The maximum atomic E-state index is 14.2. The zero-order valence-electron chi connectivity index (χ0n) is 18.2. The Morgan fingerprint density at radius 2 is 1.59 bits per heavy atom. The lowest BCUT2D eigenvalue weighted by Gasteiger charge is -2.24. The van der Waals surface area contributed by atoms with Crippen LogP contribution in [-0.4, -0.2) is 27.1 Å². The molecule has 0 aliphatic carbocycles. The number of sulfonamides is 1. The summed E-state index contributed by atoms with van der Waals surface area (Å²) in [4.78, 5) is 12.8. The SMILES string of the molecule is Cc1ccccc1[C@H](NC(=O)CCCN(c1ccccc1F)S(C)(=O)=O)c1ccccc1. The van der Waals surface area contributed by atoms with Crippen LogP contribution in [0.5, 0.6) is 0 Å². The highest BCUT2D eigenvalue weighted by molar-refractivity contribution is 7.92. The second kappa shape index (κ2) is 10.4. The Kier molecular flexibility index (Phi) is 7.64. The molecule has 0 unspecified atom stereocenters. The van der Waals surface area contributed by atoms with Gasteiger partial charge in [0.2, 0.25) is 15.9 Å². The number of amides is 1. The van der Waals surface area contributed by atoms with Gasteiger partial charge in [-0.2, -0.15) is 0 Å². The summed E-state index contributed by atoms with van der Waals surface area (Å²) in [5.74, 6) is -0.824. The van der Waals surface area contributed by atoms with E-state index < -0.39 is 15.8 Å². The smallest absolute Gasteiger partial charge is 0.232 e. The summed E-state index contributed by atoms with van der Waals surface area (Å²) in [5, 5.41) is 3.07. The summed E-state index contributed by atoms with van der Waals surface area (Å²) in [6.45, 7) is 2.00. The van der Waals surface area contributed by atoms with E-state index in [0.29, 0.717) is 0 Å². The molecule has 0 radical (unpaired) electrons. The standard InChI is InChI=1S/C25H27FN2O3S/c1-19-11-6-7-14-21(19)25(20-12-4-3-5-13-20)27-24(29)17-10-18-28(32(2,30)31)23-16-9-8-15-22(23)26/h3-9,11-16,25H,10,17-18H2,1-2H3,(H,27,29)/t25-/m1/s1. The topological polar surface area (TPSA) is 66.5 Å². The summed E-state index contributed by atoms with van der Waals surface area (Å²) >= 11 is 0. The van der Waals surface area contributed by atoms with Gasteiger partial charge in [-0.3, -0.25) is 9.10 Å². The largest absolute Gasteiger partial charge is 0.345 e. The van der Waals surface area contributed by atoms with Crippen molar-refractivity contribution in [3.8, 4) is 0 Å². The summed E-state index contributed by atoms with van der Waals surface area (Å²) < 4.78 is 39.6. The third-order valence-corrected chi connectivity index (χ3v) is 6.40. The van der Waals surface area contributed by atoms with Crippen molar-refractivity contribution in [1.29, 1.82) is 0 Å². The Morgan fingerprint density at radius 3 is 2.25 bits per heavy atom. The molecule has 0 bridgehead atoms. The first-order valence-corrected chi connectivity index (χ1v) is 12.2. The van der Waals surface area contributed by atoms with Crippen molar-refractivity contribution in [1.82, 2.24) is 5.32 Å². The van der Waals surface area contributed by atoms with Crippen LogP contribution in [0.25, 0.3) is 0 Å². The van der Waals surface area contributed by atoms with E-state index in [4.69, 9.17) is 0 Å². The first-order valence-electron chi connectivity index (χ1n) is 10.4. The molecule has 0 heterocycles. The van der Waals surface area contributed by atoms with Gasteiger partial charge in [0.1, 0.15) is 5.82 Å². The molecule has 0 aromatic heterocycles. The molecule has 5 nitrogen and oxygen atoms in total. The highest BCUT2D eigenvalue weighted by Crippen LogP contribution is 2.25. The van der Waals surface area contributed by atoms with Crippen LogP contribution < -0.4 is 9.62 Å². The van der Waals surface area contributed by atoms with Gasteiger partial charge in [-0.25, -0.2) is 12.8 Å². The van der Waals surface area contributed by atoms with Gasteiger partial charge in [-0.1, -0.05) is 66.7 Å². The van der Waals surface area contributed by atoms with Gasteiger partial charge in [0.25, 0.3) is 0 Å². The number of carbonyl (C=O) groups is 1. The lowest BCUT2D eigenvalue weighted by Crippen LogP contribution is -2.33. The van der Waals surface area contributed by atoms with E-state index in [1.54, 1.807) is 6.07 Å². The minimum atomic E-state index is -3.69. The zero-order valence-corrected chi connectivity index (χ0v) is 19.0. The Labute approximate surface area is 188 Å². The van der Waals surface area contributed by atoms with E-state index in [-0.39, 0.29) is 37.0 Å². The van der Waals surface area contributed by atoms with Crippen molar-refractivity contribution in [2.45, 2.75) is 25.8 Å². The second-order valence-corrected chi connectivity index (χ2v) is 9.56. The number of carbonyl (C=O) groups excluding carboxylic acids is 1. The number of benzene rings is 3. The van der Waals surface area contributed by atoms with Gasteiger partial charge >= 0.3 is 0 Å². The number of rotatable bonds is 9. The highest BCUT2D eigenvalue weighted by atomic mass is 32.2. The molecule has 3 aromatic rings. The van der Waals surface area contributed by atoms with Crippen molar-refractivity contribution in [2.75, 3.05) is 17.1 Å². The van der Waals surface area contributed by atoms with E-state index in [9.17, 15) is 17.6 Å². The number of hydrogen-bond acceptors (Lipinski definition) is 3. The Hall–Kier alpha value is -3.19. The van der Waals surface area contributed by atoms with Gasteiger partial charge in [-0.05, 0) is 42.2 Å². The Bertz CT molecular complexity index is 1170. The molecular weight excluding hydrogens is 427 g/mol. The van der Waals surface area contributed by atoms with E-state index >= 15 is 0 Å². The van der Waals surface area contributed by atoms with Crippen molar-refractivity contribution >= 4 is 21.6 Å². The van der Waals surface area contributed by atoms with Crippen LogP contribution in [0.15, 0.2) is 78.9 Å². The predicted molar refractivity (Wildman–Crippen MR) is 125 cm³/mol. The van der Waals surface area contributed by atoms with Crippen LogP contribution >= 0.6 is 0 Å². The molecule has 168 valence electrons. The van der Waals surface area contributed by atoms with E-state index in [2.05, 4.69) is 5.32 Å². The van der Waals surface area contributed by atoms with Gasteiger partial charge < -0.3 is 5.32 Å². The van der Waals surface area contributed by atoms with Gasteiger partial charge in [0.15, 0.2) is 0 Å². The molecule has 1 atom stereocenters. The molecule has 0 saturated carbocycles. The van der Waals surface area contributed by atoms with Crippen molar-refractivity contribution < 1.29 is 17.6 Å². The summed E-state index contributed by atoms with van der Waals surface area (Å²) in [6, 6.07) is 22.9. The van der Waals surface area contributed by atoms with Crippen LogP contribution in [0.3, 0.4) is 0 Å². The fraction of sp³-hybridized carbons (Fsp3) is 0.240. The van der Waals surface area contributed by atoms with Gasteiger partial charge in [0.05, 0.1) is 18.0 Å². The quantitative estimate of drug-likeness (QED) is 0.514. The van der Waals surface area contributed by atoms with E-state index in [1.165, 1.54) is 18.2 Å². The predicted octanol–water partition coefficient (Wildman–Crippen LogP) is 4.59. The monoisotopic (exact) mass is 454 g/mol. The first kappa shape index (κ1) is 23.5. The summed E-state index contributed by atoms with van der Waals surface area (Å²) in [5.41, 5.74) is 3.00. The van der Waals surface area contributed by atoms with E-state index in [0.717, 1.165) is 27.3 Å². The molecular formula is C25H27FN2O3S. The molecule has 1 amide bonds. The average molecular weight is 455 g/mol. The molecule has 0 spiro atoms.